The number of anilines is 1. The lowest BCUT2D eigenvalue weighted by molar-refractivity contribution is 0.102. The van der Waals surface area contributed by atoms with Gasteiger partial charge in [0.05, 0.1) is 23.2 Å². The molecule has 0 fully saturated rings. The number of H-pyrrole nitrogens is 1. The van der Waals surface area contributed by atoms with Crippen LogP contribution in [0.5, 0.6) is 0 Å². The van der Waals surface area contributed by atoms with E-state index in [2.05, 4.69) is 20.2 Å². The van der Waals surface area contributed by atoms with Crippen LogP contribution in [0.2, 0.25) is 0 Å². The Morgan fingerprint density at radius 1 is 1.07 bits per heavy atom. The van der Waals surface area contributed by atoms with Crippen molar-refractivity contribution < 1.29 is 17.6 Å². The molecule has 0 saturated heterocycles. The number of nitrogens with zero attached hydrogens (tertiary/aromatic N) is 1. The Balaban J connectivity index is 1.52. The molecule has 0 aliphatic rings. The van der Waals surface area contributed by atoms with Crippen LogP contribution < -0.4 is 10.0 Å². The predicted octanol–water partition coefficient (Wildman–Crippen LogP) is 2.89. The number of carbonyl (C=O) groups is 1. The van der Waals surface area contributed by atoms with Gasteiger partial charge in [0.1, 0.15) is 5.76 Å². The van der Waals surface area contributed by atoms with Crippen molar-refractivity contribution in [3.63, 3.8) is 0 Å². The fourth-order valence-electron chi connectivity index (χ4n) is 2.73. The van der Waals surface area contributed by atoms with E-state index in [1.165, 1.54) is 18.4 Å². The molecule has 2 aromatic heterocycles. The van der Waals surface area contributed by atoms with Gasteiger partial charge in [0.2, 0.25) is 10.0 Å². The number of amides is 1. The maximum absolute atomic E-state index is 12.6. The fourth-order valence-corrected chi connectivity index (χ4v) is 3.77. The molecule has 28 heavy (non-hydrogen) atoms. The Hall–Kier alpha value is -3.43. The minimum absolute atomic E-state index is 0.0312. The summed E-state index contributed by atoms with van der Waals surface area (Å²) in [7, 11) is -3.77. The van der Waals surface area contributed by atoms with E-state index in [1.54, 1.807) is 30.3 Å². The molecule has 4 rings (SSSR count). The number of para-hydroxylation sites is 1. The van der Waals surface area contributed by atoms with Gasteiger partial charge in [-0.05, 0) is 36.4 Å². The monoisotopic (exact) mass is 396 g/mol. The first-order valence-electron chi connectivity index (χ1n) is 8.39. The summed E-state index contributed by atoms with van der Waals surface area (Å²) >= 11 is 0. The van der Waals surface area contributed by atoms with Crippen LogP contribution in [0, 0.1) is 0 Å². The highest BCUT2D eigenvalue weighted by Gasteiger charge is 2.17. The minimum Gasteiger partial charge on any atom is -0.468 e. The number of aromatic nitrogens is 2. The van der Waals surface area contributed by atoms with Crippen molar-refractivity contribution in [3.05, 3.63) is 78.4 Å². The predicted molar refractivity (Wildman–Crippen MR) is 103 cm³/mol. The maximum Gasteiger partial charge on any atom is 0.276 e. The third-order valence-electron chi connectivity index (χ3n) is 4.10. The molecule has 142 valence electrons. The van der Waals surface area contributed by atoms with Gasteiger partial charge in [-0.15, -0.1) is 0 Å². The first kappa shape index (κ1) is 18.0. The number of nitrogens with one attached hydrogen (secondary N) is 3. The summed E-state index contributed by atoms with van der Waals surface area (Å²) in [4.78, 5) is 12.6. The molecule has 9 heteroatoms. The van der Waals surface area contributed by atoms with Crippen LogP contribution >= 0.6 is 0 Å². The van der Waals surface area contributed by atoms with Gasteiger partial charge in [-0.3, -0.25) is 9.89 Å². The lowest BCUT2D eigenvalue weighted by atomic mass is 10.2. The van der Waals surface area contributed by atoms with E-state index in [0.29, 0.717) is 16.8 Å². The van der Waals surface area contributed by atoms with E-state index in [9.17, 15) is 13.2 Å². The molecular formula is C19H16N4O4S. The Labute approximate surface area is 160 Å². The van der Waals surface area contributed by atoms with Crippen LogP contribution in [0.25, 0.3) is 10.9 Å². The lowest BCUT2D eigenvalue weighted by Gasteiger charge is -2.08. The van der Waals surface area contributed by atoms with Crippen LogP contribution in [0.3, 0.4) is 0 Å². The van der Waals surface area contributed by atoms with Gasteiger partial charge in [-0.25, -0.2) is 13.1 Å². The van der Waals surface area contributed by atoms with E-state index in [0.717, 1.165) is 5.52 Å². The quantitative estimate of drug-likeness (QED) is 0.463. The third kappa shape index (κ3) is 3.66. The summed E-state index contributed by atoms with van der Waals surface area (Å²) in [6.45, 7) is 0.0329. The van der Waals surface area contributed by atoms with Crippen molar-refractivity contribution in [3.8, 4) is 0 Å². The standard InChI is InChI=1S/C19H16N4O4S/c24-19(18-16-8-1-2-9-17(16)22-23-18)21-13-5-3-7-15(11-13)28(25,26)20-12-14-6-4-10-27-14/h1-11,20H,12H2,(H,21,24)(H,22,23). The Bertz CT molecular complexity index is 1230. The van der Waals surface area contributed by atoms with Crippen LogP contribution in [0.4, 0.5) is 5.69 Å². The van der Waals surface area contributed by atoms with Gasteiger partial charge in [-0.2, -0.15) is 5.10 Å². The number of carbonyl (C=O) groups excluding carboxylic acids is 1. The van der Waals surface area contributed by atoms with Crippen LogP contribution in [-0.4, -0.2) is 24.5 Å². The molecule has 1 amide bonds. The number of hydrogen-bond acceptors (Lipinski definition) is 5. The minimum atomic E-state index is -3.77. The van der Waals surface area contributed by atoms with Crippen molar-refractivity contribution in [2.24, 2.45) is 0 Å². The largest absolute Gasteiger partial charge is 0.468 e. The molecule has 0 atom stereocenters. The molecule has 0 unspecified atom stereocenters. The van der Waals surface area contributed by atoms with Crippen molar-refractivity contribution in [2.75, 3.05) is 5.32 Å². The topological polar surface area (TPSA) is 117 Å². The zero-order valence-corrected chi connectivity index (χ0v) is 15.4. The van der Waals surface area contributed by atoms with Crippen molar-refractivity contribution >= 4 is 32.5 Å². The summed E-state index contributed by atoms with van der Waals surface area (Å²) in [5, 5.41) is 10.2. The Morgan fingerprint density at radius 3 is 2.75 bits per heavy atom. The van der Waals surface area contributed by atoms with Gasteiger partial charge in [0, 0.05) is 11.1 Å². The molecule has 0 radical (unpaired) electrons. The highest BCUT2D eigenvalue weighted by atomic mass is 32.2. The summed E-state index contributed by atoms with van der Waals surface area (Å²) < 4.78 is 32.6. The maximum atomic E-state index is 12.6. The SMILES string of the molecule is O=C(Nc1cccc(S(=O)(=O)NCc2ccco2)c1)c1n[nH]c2ccccc12. The second-order valence-corrected chi connectivity index (χ2v) is 7.77. The lowest BCUT2D eigenvalue weighted by Crippen LogP contribution is -2.23. The molecule has 0 saturated carbocycles. The van der Waals surface area contributed by atoms with E-state index >= 15 is 0 Å². The average molecular weight is 396 g/mol. The molecule has 8 nitrogen and oxygen atoms in total. The number of rotatable bonds is 6. The molecule has 0 aliphatic heterocycles. The van der Waals surface area contributed by atoms with Gasteiger partial charge < -0.3 is 9.73 Å². The first-order valence-corrected chi connectivity index (χ1v) is 9.88. The number of aromatic amines is 1. The second kappa shape index (κ2) is 7.29. The van der Waals surface area contributed by atoms with Gasteiger partial charge in [0.15, 0.2) is 5.69 Å². The van der Waals surface area contributed by atoms with Crippen molar-refractivity contribution in [1.29, 1.82) is 0 Å². The first-order chi connectivity index (χ1) is 13.5. The molecule has 0 spiro atoms. The third-order valence-corrected chi connectivity index (χ3v) is 5.50. The molecule has 2 aromatic carbocycles. The fraction of sp³-hybridized carbons (Fsp3) is 0.0526. The van der Waals surface area contributed by atoms with E-state index in [4.69, 9.17) is 4.42 Å². The zero-order chi connectivity index (χ0) is 19.6. The number of fused-ring (bicyclic) bond motifs is 1. The van der Waals surface area contributed by atoms with Crippen LogP contribution in [-0.2, 0) is 16.6 Å². The highest BCUT2D eigenvalue weighted by molar-refractivity contribution is 7.89. The molecule has 0 bridgehead atoms. The summed E-state index contributed by atoms with van der Waals surface area (Å²) in [5.74, 6) is 0.0639. The van der Waals surface area contributed by atoms with Crippen molar-refractivity contribution in [2.45, 2.75) is 11.4 Å². The Kier molecular flexibility index (Phi) is 4.68. The Morgan fingerprint density at radius 2 is 1.93 bits per heavy atom. The van der Waals surface area contributed by atoms with Crippen molar-refractivity contribution in [1.82, 2.24) is 14.9 Å². The van der Waals surface area contributed by atoms with Crippen LogP contribution in [0.1, 0.15) is 16.2 Å². The van der Waals surface area contributed by atoms with E-state index < -0.39 is 15.9 Å². The molecule has 3 N–H and O–H groups in total. The number of hydrogen-bond donors (Lipinski definition) is 3. The highest BCUT2D eigenvalue weighted by Crippen LogP contribution is 2.19. The molecule has 2 heterocycles. The molecular weight excluding hydrogens is 380 g/mol. The molecule has 0 aliphatic carbocycles. The number of furan rings is 1. The smallest absolute Gasteiger partial charge is 0.276 e. The van der Waals surface area contributed by atoms with Crippen LogP contribution in [0.15, 0.2) is 76.2 Å². The van der Waals surface area contributed by atoms with E-state index in [-0.39, 0.29) is 17.1 Å². The van der Waals surface area contributed by atoms with Gasteiger partial charge >= 0.3 is 0 Å². The summed E-state index contributed by atoms with van der Waals surface area (Å²) in [6, 6.07) is 16.6. The number of benzene rings is 2. The van der Waals surface area contributed by atoms with E-state index in [1.807, 2.05) is 18.2 Å². The summed E-state index contributed by atoms with van der Waals surface area (Å²) in [5.41, 5.74) is 1.32. The van der Waals surface area contributed by atoms with Gasteiger partial charge in [-0.1, -0.05) is 24.3 Å². The average Bonchev–Trinajstić information content (AvgIpc) is 3.36. The number of sulfonamides is 1. The normalized spacial score (nSPS) is 11.6. The summed E-state index contributed by atoms with van der Waals surface area (Å²) in [6.07, 6.45) is 1.47. The van der Waals surface area contributed by atoms with Gasteiger partial charge in [0.25, 0.3) is 5.91 Å². The molecule has 4 aromatic rings. The zero-order valence-electron chi connectivity index (χ0n) is 14.5. The second-order valence-electron chi connectivity index (χ2n) is 6.00.